The van der Waals surface area contributed by atoms with Crippen LogP contribution in [0.25, 0.3) is 0 Å². The molecule has 0 spiro atoms. The number of halogens is 2. The van der Waals surface area contributed by atoms with Crippen molar-refractivity contribution in [2.45, 2.75) is 6.54 Å². The van der Waals surface area contributed by atoms with Gasteiger partial charge in [0.1, 0.15) is 0 Å². The van der Waals surface area contributed by atoms with Gasteiger partial charge in [0.2, 0.25) is 5.28 Å². The molecule has 2 aromatic heterocycles. The summed E-state index contributed by atoms with van der Waals surface area (Å²) < 4.78 is 0. The van der Waals surface area contributed by atoms with Crippen LogP contribution in [0.15, 0.2) is 16.8 Å². The molecule has 2 rings (SSSR count). The highest BCUT2D eigenvalue weighted by molar-refractivity contribution is 7.07. The van der Waals surface area contributed by atoms with Crippen LogP contribution in [0.5, 0.6) is 0 Å². The summed E-state index contributed by atoms with van der Waals surface area (Å²) in [6, 6.07) is 2.05. The van der Waals surface area contributed by atoms with Crippen LogP contribution >= 0.6 is 34.5 Å². The van der Waals surface area contributed by atoms with E-state index in [1.54, 1.807) is 11.3 Å². The van der Waals surface area contributed by atoms with Crippen molar-refractivity contribution in [3.63, 3.8) is 0 Å². The second-order valence-corrected chi connectivity index (χ2v) is 4.66. The second-order valence-electron chi connectivity index (χ2n) is 3.18. The number of anilines is 1. The molecule has 4 nitrogen and oxygen atoms in total. The summed E-state index contributed by atoms with van der Waals surface area (Å²) in [6.45, 7) is 0.707. The minimum Gasteiger partial charge on any atom is -0.353 e. The largest absolute Gasteiger partial charge is 0.353 e. The van der Waals surface area contributed by atoms with E-state index in [1.807, 2.05) is 23.4 Å². The summed E-state index contributed by atoms with van der Waals surface area (Å²) in [5.41, 5.74) is 1.19. The monoisotopic (exact) mass is 274 g/mol. The van der Waals surface area contributed by atoms with E-state index in [1.165, 1.54) is 5.56 Å². The number of aromatic nitrogens is 3. The Kier molecular flexibility index (Phi) is 3.58. The minimum atomic E-state index is 0.0940. The first kappa shape index (κ1) is 11.6. The summed E-state index contributed by atoms with van der Waals surface area (Å²) in [5, 5.41) is 11.7. The van der Waals surface area contributed by atoms with Crippen molar-refractivity contribution in [2.24, 2.45) is 0 Å². The zero-order chi connectivity index (χ0) is 11.5. The Morgan fingerprint density at radius 2 is 2.19 bits per heavy atom. The van der Waals surface area contributed by atoms with Gasteiger partial charge in [0.15, 0.2) is 11.0 Å². The van der Waals surface area contributed by atoms with Crippen molar-refractivity contribution in [1.82, 2.24) is 15.2 Å². The highest BCUT2D eigenvalue weighted by Crippen LogP contribution is 2.22. The smallest absolute Gasteiger partial charge is 0.245 e. The van der Waals surface area contributed by atoms with E-state index in [-0.39, 0.29) is 10.4 Å². The average Bonchev–Trinajstić information content (AvgIpc) is 2.74. The van der Waals surface area contributed by atoms with E-state index in [0.29, 0.717) is 12.4 Å². The van der Waals surface area contributed by atoms with Crippen molar-refractivity contribution in [3.8, 4) is 0 Å². The van der Waals surface area contributed by atoms with Gasteiger partial charge in [-0.25, -0.2) is 0 Å². The van der Waals surface area contributed by atoms with Crippen molar-refractivity contribution >= 4 is 40.4 Å². The molecule has 84 valence electrons. The van der Waals surface area contributed by atoms with E-state index in [0.717, 1.165) is 0 Å². The van der Waals surface area contributed by atoms with Gasteiger partial charge in [-0.05, 0) is 34.0 Å². The molecule has 2 aromatic rings. The fourth-order valence-electron chi connectivity index (χ4n) is 1.26. The SMILES string of the molecule is CN(Cc1ccsc1)c1nc(Cl)nnc1Cl. The van der Waals surface area contributed by atoms with Crippen LogP contribution < -0.4 is 4.90 Å². The zero-order valence-corrected chi connectivity index (χ0v) is 10.7. The van der Waals surface area contributed by atoms with E-state index in [4.69, 9.17) is 23.2 Å². The molecular weight excluding hydrogens is 267 g/mol. The third kappa shape index (κ3) is 2.61. The van der Waals surface area contributed by atoms with E-state index < -0.39 is 0 Å². The van der Waals surface area contributed by atoms with E-state index >= 15 is 0 Å². The molecule has 0 aromatic carbocycles. The Labute approximate surface area is 107 Å². The standard InChI is InChI=1S/C9H8Cl2N4S/c1-15(4-6-2-3-16-5-6)8-7(10)13-14-9(11)12-8/h2-3,5H,4H2,1H3. The lowest BCUT2D eigenvalue weighted by Gasteiger charge is -2.17. The summed E-state index contributed by atoms with van der Waals surface area (Å²) in [5.74, 6) is 0.535. The molecule has 0 radical (unpaired) electrons. The second kappa shape index (κ2) is 4.95. The fourth-order valence-corrected chi connectivity index (χ4v) is 2.26. The van der Waals surface area contributed by atoms with Crippen LogP contribution in [-0.4, -0.2) is 22.2 Å². The van der Waals surface area contributed by atoms with Gasteiger partial charge in [0.25, 0.3) is 0 Å². The van der Waals surface area contributed by atoms with Crippen LogP contribution in [0, 0.1) is 0 Å². The van der Waals surface area contributed by atoms with Crippen LogP contribution in [0.3, 0.4) is 0 Å². The number of thiophene rings is 1. The first-order valence-electron chi connectivity index (χ1n) is 4.45. The average molecular weight is 275 g/mol. The topological polar surface area (TPSA) is 41.9 Å². The van der Waals surface area contributed by atoms with Crippen LogP contribution in [0.1, 0.15) is 5.56 Å². The lowest BCUT2D eigenvalue weighted by atomic mass is 10.3. The Hall–Kier alpha value is -0.910. The molecule has 16 heavy (non-hydrogen) atoms. The Morgan fingerprint density at radius 1 is 1.38 bits per heavy atom. The highest BCUT2D eigenvalue weighted by Gasteiger charge is 2.11. The molecule has 0 saturated heterocycles. The molecule has 0 fully saturated rings. The summed E-state index contributed by atoms with van der Waals surface area (Å²) in [6.07, 6.45) is 0. The number of hydrogen-bond acceptors (Lipinski definition) is 5. The quantitative estimate of drug-likeness (QED) is 0.863. The molecule has 0 aliphatic carbocycles. The first-order chi connectivity index (χ1) is 7.66. The molecule has 2 heterocycles. The van der Waals surface area contributed by atoms with Crippen LogP contribution in [0.2, 0.25) is 10.4 Å². The predicted octanol–water partition coefficient (Wildman–Crippen LogP) is 2.88. The number of hydrogen-bond donors (Lipinski definition) is 0. The molecular formula is C9H8Cl2N4S. The van der Waals surface area contributed by atoms with Crippen molar-refractivity contribution in [2.75, 3.05) is 11.9 Å². The maximum atomic E-state index is 5.90. The van der Waals surface area contributed by atoms with Gasteiger partial charge in [0, 0.05) is 13.6 Å². The Balaban J connectivity index is 2.20. The maximum absolute atomic E-state index is 5.90. The van der Waals surface area contributed by atoms with E-state index in [9.17, 15) is 0 Å². The molecule has 0 bridgehead atoms. The van der Waals surface area contributed by atoms with Gasteiger partial charge < -0.3 is 4.90 Å². The molecule has 0 atom stereocenters. The van der Waals surface area contributed by atoms with Gasteiger partial charge in [-0.15, -0.1) is 10.2 Å². The highest BCUT2D eigenvalue weighted by atomic mass is 35.5. The Morgan fingerprint density at radius 3 is 2.88 bits per heavy atom. The molecule has 7 heteroatoms. The molecule has 0 unspecified atom stereocenters. The van der Waals surface area contributed by atoms with Gasteiger partial charge in [-0.2, -0.15) is 16.3 Å². The van der Waals surface area contributed by atoms with Crippen LogP contribution in [0.4, 0.5) is 5.82 Å². The lowest BCUT2D eigenvalue weighted by molar-refractivity contribution is 0.865. The van der Waals surface area contributed by atoms with Gasteiger partial charge >= 0.3 is 0 Å². The Bertz CT molecular complexity index is 474. The lowest BCUT2D eigenvalue weighted by Crippen LogP contribution is -2.18. The molecule has 0 aliphatic rings. The van der Waals surface area contributed by atoms with Gasteiger partial charge in [0.05, 0.1) is 0 Å². The third-order valence-corrected chi connectivity index (χ3v) is 3.10. The van der Waals surface area contributed by atoms with Crippen molar-refractivity contribution in [3.05, 3.63) is 32.8 Å². The third-order valence-electron chi connectivity index (χ3n) is 1.96. The first-order valence-corrected chi connectivity index (χ1v) is 6.14. The van der Waals surface area contributed by atoms with Crippen LogP contribution in [-0.2, 0) is 6.54 Å². The van der Waals surface area contributed by atoms with Crippen molar-refractivity contribution in [1.29, 1.82) is 0 Å². The normalized spacial score (nSPS) is 10.4. The summed E-state index contributed by atoms with van der Waals surface area (Å²) in [7, 11) is 1.88. The molecule has 0 amide bonds. The zero-order valence-electron chi connectivity index (χ0n) is 8.39. The molecule has 0 N–H and O–H groups in total. The van der Waals surface area contributed by atoms with Crippen molar-refractivity contribution < 1.29 is 0 Å². The molecule has 0 saturated carbocycles. The number of nitrogens with zero attached hydrogens (tertiary/aromatic N) is 4. The molecule has 0 aliphatic heterocycles. The predicted molar refractivity (Wildman–Crippen MR) is 66.3 cm³/mol. The number of rotatable bonds is 3. The van der Waals surface area contributed by atoms with Gasteiger partial charge in [-0.1, -0.05) is 11.6 Å². The maximum Gasteiger partial charge on any atom is 0.245 e. The van der Waals surface area contributed by atoms with E-state index in [2.05, 4.69) is 20.6 Å². The minimum absolute atomic E-state index is 0.0940. The summed E-state index contributed by atoms with van der Waals surface area (Å²) in [4.78, 5) is 5.92. The fraction of sp³-hybridized carbons (Fsp3) is 0.222. The van der Waals surface area contributed by atoms with Gasteiger partial charge in [-0.3, -0.25) is 0 Å². The summed E-state index contributed by atoms with van der Waals surface area (Å²) >= 11 is 13.2.